The number of nitriles is 1. The zero-order chi connectivity index (χ0) is 22.8. The molecule has 1 atom stereocenters. The molecule has 33 heavy (non-hydrogen) atoms. The Labute approximate surface area is 200 Å². The number of benzene rings is 1. The zero-order valence-electron chi connectivity index (χ0n) is 19.3. The monoisotopic (exact) mass is 462 g/mol. The summed E-state index contributed by atoms with van der Waals surface area (Å²) >= 11 is 6.06. The molecule has 4 heterocycles. The summed E-state index contributed by atoms with van der Waals surface area (Å²) in [6, 6.07) is 12.8. The number of rotatable bonds is 5. The molecule has 1 unspecified atom stereocenters. The van der Waals surface area contributed by atoms with Crippen LogP contribution in [0.25, 0.3) is 5.65 Å². The molecule has 0 spiro atoms. The number of likely N-dealkylation sites (tertiary alicyclic amines) is 2. The van der Waals surface area contributed by atoms with Gasteiger partial charge in [0.1, 0.15) is 0 Å². The Morgan fingerprint density at radius 3 is 2.58 bits per heavy atom. The van der Waals surface area contributed by atoms with Crippen LogP contribution in [0.1, 0.15) is 54.1 Å². The van der Waals surface area contributed by atoms with Crippen LogP contribution in [0.2, 0.25) is 5.02 Å². The van der Waals surface area contributed by atoms with E-state index in [1.807, 2.05) is 18.3 Å². The number of aryl methyl sites for hydroxylation is 1. The minimum Gasteiger partial charge on any atom is -0.299 e. The standard InChI is InChI=1S/C26H31ClN6/c1-19-24(18-31-13-9-20(15-28)10-14-31)26-29-11-8-25(33(26)30-19)22-3-2-12-32(17-22)16-21-4-6-23(27)7-5-21/h4-8,11,20,22H,2-3,9-10,12-14,16-18H2,1H3. The fraction of sp³-hybridized carbons (Fsp3) is 0.500. The van der Waals surface area contributed by atoms with E-state index in [1.165, 1.54) is 29.7 Å². The van der Waals surface area contributed by atoms with Gasteiger partial charge in [-0.1, -0.05) is 23.7 Å². The first kappa shape index (κ1) is 22.3. The van der Waals surface area contributed by atoms with Crippen LogP contribution in [0.3, 0.4) is 0 Å². The lowest BCUT2D eigenvalue weighted by atomic mass is 9.94. The van der Waals surface area contributed by atoms with Crippen LogP contribution < -0.4 is 0 Å². The second-order valence-corrected chi connectivity index (χ2v) is 9.99. The molecule has 2 aliphatic rings. The third-order valence-electron chi connectivity index (χ3n) is 7.24. The van der Waals surface area contributed by atoms with Crippen molar-refractivity contribution in [2.24, 2.45) is 5.92 Å². The van der Waals surface area contributed by atoms with Gasteiger partial charge < -0.3 is 0 Å². The summed E-state index contributed by atoms with van der Waals surface area (Å²) in [6.45, 7) is 7.99. The molecule has 2 fully saturated rings. The molecule has 3 aromatic rings. The second kappa shape index (κ2) is 9.80. The largest absolute Gasteiger partial charge is 0.299 e. The topological polar surface area (TPSA) is 60.5 Å². The molecule has 0 aliphatic carbocycles. The van der Waals surface area contributed by atoms with Crippen LogP contribution in [-0.2, 0) is 13.1 Å². The number of aromatic nitrogens is 3. The van der Waals surface area contributed by atoms with E-state index in [0.29, 0.717) is 5.92 Å². The van der Waals surface area contributed by atoms with Gasteiger partial charge in [0.15, 0.2) is 5.65 Å². The molecule has 172 valence electrons. The number of nitrogens with zero attached hydrogens (tertiary/aromatic N) is 6. The van der Waals surface area contributed by atoms with Gasteiger partial charge in [-0.3, -0.25) is 9.80 Å². The second-order valence-electron chi connectivity index (χ2n) is 9.55. The first-order valence-corrected chi connectivity index (χ1v) is 12.4. The third-order valence-corrected chi connectivity index (χ3v) is 7.49. The lowest BCUT2D eigenvalue weighted by Gasteiger charge is -2.33. The highest BCUT2D eigenvalue weighted by Gasteiger charge is 2.26. The van der Waals surface area contributed by atoms with Gasteiger partial charge in [0.05, 0.1) is 17.5 Å². The quantitative estimate of drug-likeness (QED) is 0.544. The van der Waals surface area contributed by atoms with Gasteiger partial charge in [-0.15, -0.1) is 0 Å². The smallest absolute Gasteiger partial charge is 0.160 e. The molecular weight excluding hydrogens is 432 g/mol. The van der Waals surface area contributed by atoms with Crippen LogP contribution in [-0.4, -0.2) is 50.6 Å². The number of hydrogen-bond acceptors (Lipinski definition) is 5. The van der Waals surface area contributed by atoms with Crippen molar-refractivity contribution in [1.82, 2.24) is 24.4 Å². The molecule has 2 aromatic heterocycles. The average molecular weight is 463 g/mol. The Bertz CT molecular complexity index is 1140. The van der Waals surface area contributed by atoms with E-state index >= 15 is 0 Å². The Morgan fingerprint density at radius 2 is 1.82 bits per heavy atom. The van der Waals surface area contributed by atoms with Gasteiger partial charge in [0.25, 0.3) is 0 Å². The fourth-order valence-corrected chi connectivity index (χ4v) is 5.47. The van der Waals surface area contributed by atoms with E-state index in [1.54, 1.807) is 0 Å². The third kappa shape index (κ3) is 4.91. The molecule has 0 radical (unpaired) electrons. The summed E-state index contributed by atoms with van der Waals surface area (Å²) < 4.78 is 2.10. The number of hydrogen-bond donors (Lipinski definition) is 0. The van der Waals surface area contributed by atoms with Crippen LogP contribution in [0, 0.1) is 24.2 Å². The van der Waals surface area contributed by atoms with E-state index in [-0.39, 0.29) is 5.92 Å². The van der Waals surface area contributed by atoms with Crippen molar-refractivity contribution >= 4 is 17.2 Å². The Morgan fingerprint density at radius 1 is 1.03 bits per heavy atom. The highest BCUT2D eigenvalue weighted by Crippen LogP contribution is 2.30. The van der Waals surface area contributed by atoms with E-state index < -0.39 is 0 Å². The minimum absolute atomic E-state index is 0.207. The summed E-state index contributed by atoms with van der Waals surface area (Å²) in [7, 11) is 0. The Balaban J connectivity index is 1.34. The van der Waals surface area contributed by atoms with Crippen molar-refractivity contribution in [2.75, 3.05) is 26.2 Å². The van der Waals surface area contributed by atoms with Crippen LogP contribution in [0.15, 0.2) is 36.5 Å². The highest BCUT2D eigenvalue weighted by molar-refractivity contribution is 6.30. The molecule has 0 bridgehead atoms. The van der Waals surface area contributed by atoms with E-state index in [0.717, 1.165) is 68.5 Å². The maximum atomic E-state index is 9.19. The van der Waals surface area contributed by atoms with Gasteiger partial charge in [-0.2, -0.15) is 10.4 Å². The van der Waals surface area contributed by atoms with Crippen LogP contribution in [0.4, 0.5) is 0 Å². The van der Waals surface area contributed by atoms with Gasteiger partial charge in [0, 0.05) is 48.3 Å². The Kier molecular flexibility index (Phi) is 6.64. The SMILES string of the molecule is Cc1nn2c(C3CCCN(Cc4ccc(Cl)cc4)C3)ccnc2c1CN1CCC(C#N)CC1. The fourth-order valence-electron chi connectivity index (χ4n) is 5.34. The molecule has 1 aromatic carbocycles. The summed E-state index contributed by atoms with van der Waals surface area (Å²) in [4.78, 5) is 9.73. The van der Waals surface area contributed by atoms with Crippen molar-refractivity contribution in [3.8, 4) is 6.07 Å². The molecule has 0 saturated carbocycles. The molecule has 0 N–H and O–H groups in total. The number of piperidine rings is 2. The number of halogens is 1. The lowest BCUT2D eigenvalue weighted by molar-refractivity contribution is 0.197. The lowest BCUT2D eigenvalue weighted by Crippen LogP contribution is -2.34. The molecule has 0 amide bonds. The first-order chi connectivity index (χ1) is 16.1. The van der Waals surface area contributed by atoms with Gasteiger partial charge in [0.2, 0.25) is 0 Å². The average Bonchev–Trinajstić information content (AvgIpc) is 3.16. The van der Waals surface area contributed by atoms with Crippen molar-refractivity contribution in [2.45, 2.75) is 51.6 Å². The normalized spacial score (nSPS) is 20.8. The summed E-state index contributed by atoms with van der Waals surface area (Å²) in [5.74, 6) is 0.646. The molecular formula is C26H31ClN6. The zero-order valence-corrected chi connectivity index (χ0v) is 20.0. The molecule has 6 nitrogen and oxygen atoms in total. The van der Waals surface area contributed by atoms with Crippen molar-refractivity contribution in [1.29, 1.82) is 5.26 Å². The Hall–Kier alpha value is -2.46. The van der Waals surface area contributed by atoms with Crippen LogP contribution >= 0.6 is 11.6 Å². The maximum Gasteiger partial charge on any atom is 0.160 e. The summed E-state index contributed by atoms with van der Waals surface area (Å²) in [5, 5.41) is 14.9. The molecule has 7 heteroatoms. The van der Waals surface area contributed by atoms with Gasteiger partial charge >= 0.3 is 0 Å². The summed E-state index contributed by atoms with van der Waals surface area (Å²) in [5.41, 5.74) is 5.84. The minimum atomic E-state index is 0.207. The van der Waals surface area contributed by atoms with E-state index in [9.17, 15) is 5.26 Å². The van der Waals surface area contributed by atoms with E-state index in [4.69, 9.17) is 21.7 Å². The van der Waals surface area contributed by atoms with Crippen molar-refractivity contribution < 1.29 is 0 Å². The van der Waals surface area contributed by atoms with E-state index in [2.05, 4.69) is 45.5 Å². The van der Waals surface area contributed by atoms with Crippen molar-refractivity contribution in [3.05, 3.63) is 64.1 Å². The highest BCUT2D eigenvalue weighted by atomic mass is 35.5. The number of fused-ring (bicyclic) bond motifs is 1. The van der Waals surface area contributed by atoms with Crippen molar-refractivity contribution in [3.63, 3.8) is 0 Å². The van der Waals surface area contributed by atoms with Gasteiger partial charge in [-0.25, -0.2) is 9.50 Å². The molecule has 2 aliphatic heterocycles. The molecule has 5 rings (SSSR count). The van der Waals surface area contributed by atoms with Gasteiger partial charge in [-0.05, 0) is 76.0 Å². The predicted molar refractivity (Wildman–Crippen MR) is 130 cm³/mol. The molecule has 2 saturated heterocycles. The van der Waals surface area contributed by atoms with Crippen LogP contribution in [0.5, 0.6) is 0 Å². The summed E-state index contributed by atoms with van der Waals surface area (Å²) in [6.07, 6.45) is 6.22. The first-order valence-electron chi connectivity index (χ1n) is 12.0. The predicted octanol–water partition coefficient (Wildman–Crippen LogP) is 4.81. The maximum absolute atomic E-state index is 9.19.